The van der Waals surface area contributed by atoms with Gasteiger partial charge in [0.2, 0.25) is 23.5 Å². The second-order valence-corrected chi connectivity index (χ2v) is 18.3. The van der Waals surface area contributed by atoms with Crippen molar-refractivity contribution in [3.05, 3.63) is 188 Å². The number of aromatic nitrogens is 7. The Hall–Kier alpha value is -7.92. The summed E-state index contributed by atoms with van der Waals surface area (Å²) >= 11 is 3.69. The zero-order valence-electron chi connectivity index (χ0n) is 33.9. The van der Waals surface area contributed by atoms with E-state index >= 15 is 0 Å². The average molecular weight is 857 g/mol. The molecule has 0 radical (unpaired) electrons. The molecule has 0 amide bonds. The van der Waals surface area contributed by atoms with E-state index in [1.807, 2.05) is 83.3 Å². The first-order valence-corrected chi connectivity index (χ1v) is 22.9. The van der Waals surface area contributed by atoms with Crippen LogP contribution in [-0.2, 0) is 0 Å². The van der Waals surface area contributed by atoms with Gasteiger partial charge in [-0.05, 0) is 30.3 Å². The molecule has 0 bridgehead atoms. The molecule has 1 aliphatic carbocycles. The molecule has 0 saturated heterocycles. The number of hydrogen-bond acceptors (Lipinski definition) is 9. The molecule has 14 rings (SSSR count). The molecule has 300 valence electrons. The van der Waals surface area contributed by atoms with Gasteiger partial charge in [0.1, 0.15) is 0 Å². The Morgan fingerprint density at radius 1 is 0.406 bits per heavy atom. The molecule has 5 aromatic heterocycles. The van der Waals surface area contributed by atoms with Gasteiger partial charge in [-0.2, -0.15) is 15.0 Å². The number of thiophene rings is 2. The third-order valence-corrected chi connectivity index (χ3v) is 15.1. The average Bonchev–Trinajstić information content (AvgIpc) is 4.12. The minimum atomic E-state index is -0.0756. The van der Waals surface area contributed by atoms with Crippen molar-refractivity contribution in [3.63, 3.8) is 0 Å². The quantitative estimate of drug-likeness (QED) is 0.170. The lowest BCUT2D eigenvalue weighted by molar-refractivity contribution is 0.727. The first-order chi connectivity index (χ1) is 31.7. The van der Waals surface area contributed by atoms with Crippen LogP contribution in [0.1, 0.15) is 11.5 Å². The van der Waals surface area contributed by atoms with E-state index < -0.39 is 0 Å². The maximum Gasteiger partial charge on any atom is 0.240 e. The highest BCUT2D eigenvalue weighted by Crippen LogP contribution is 2.53. The van der Waals surface area contributed by atoms with Crippen molar-refractivity contribution in [1.82, 2.24) is 34.5 Å². The molecule has 8 nitrogen and oxygen atoms in total. The Balaban J connectivity index is 1.07. The summed E-state index contributed by atoms with van der Waals surface area (Å²) < 4.78 is 7.26. The largest absolute Gasteiger partial charge is 0.302 e. The standard InChI is InChI=1S/C54H32N8S2/c1-3-15-31(16-4-1)49-55-50(32-17-5-2-6-18-32)57-51(56-49)52-58-53(61-39-23-11-7-21-37(39)45-41(61)29-27-35-33-19-9-13-25-43(33)63-47(35)45)60-54(59-52)62-40-24-12-8-22-38(40)46-42(62)30-28-36-34-20-10-14-26-44(34)64-48(36)46/h1-30,37,39H. The molecular weight excluding hydrogens is 825 g/mol. The van der Waals surface area contributed by atoms with Gasteiger partial charge in [-0.15, -0.1) is 22.7 Å². The fourth-order valence-electron chi connectivity index (χ4n) is 9.86. The minimum absolute atomic E-state index is 0.0756. The van der Waals surface area contributed by atoms with Crippen LogP contribution >= 0.6 is 22.7 Å². The number of benzene rings is 7. The minimum Gasteiger partial charge on any atom is -0.302 e. The topological polar surface area (TPSA) is 85.5 Å². The molecule has 0 spiro atoms. The van der Waals surface area contributed by atoms with Crippen LogP contribution in [0.2, 0.25) is 0 Å². The zero-order valence-corrected chi connectivity index (χ0v) is 35.5. The number of fused-ring (bicyclic) bond motifs is 14. The van der Waals surface area contributed by atoms with E-state index in [1.54, 1.807) is 0 Å². The fourth-order valence-corrected chi connectivity index (χ4v) is 12.4. The molecule has 2 atom stereocenters. The van der Waals surface area contributed by atoms with Crippen LogP contribution in [0.5, 0.6) is 0 Å². The zero-order chi connectivity index (χ0) is 41.9. The number of hydrogen-bond donors (Lipinski definition) is 0. The van der Waals surface area contributed by atoms with Crippen LogP contribution in [0.4, 0.5) is 11.6 Å². The number of para-hydroxylation sites is 1. The van der Waals surface area contributed by atoms with E-state index in [2.05, 4.69) is 131 Å². The number of allylic oxidation sites excluding steroid dienone is 2. The first-order valence-electron chi connectivity index (χ1n) is 21.3. The second-order valence-electron chi connectivity index (χ2n) is 16.2. The van der Waals surface area contributed by atoms with Crippen LogP contribution in [-0.4, -0.2) is 40.5 Å². The molecule has 1 aliphatic heterocycles. The summed E-state index contributed by atoms with van der Waals surface area (Å²) in [5.41, 5.74) is 6.12. The molecule has 10 heteroatoms. The maximum atomic E-state index is 5.52. The van der Waals surface area contributed by atoms with Crippen molar-refractivity contribution in [2.24, 2.45) is 0 Å². The van der Waals surface area contributed by atoms with Crippen molar-refractivity contribution >= 4 is 96.5 Å². The highest BCUT2D eigenvalue weighted by molar-refractivity contribution is 7.27. The summed E-state index contributed by atoms with van der Waals surface area (Å²) in [5, 5.41) is 7.35. The third-order valence-electron chi connectivity index (χ3n) is 12.7. The number of anilines is 2. The van der Waals surface area contributed by atoms with Crippen LogP contribution in [0.15, 0.2) is 182 Å². The summed E-state index contributed by atoms with van der Waals surface area (Å²) in [7, 11) is 0. The van der Waals surface area contributed by atoms with E-state index in [0.717, 1.165) is 33.2 Å². The predicted molar refractivity (Wildman–Crippen MR) is 263 cm³/mol. The van der Waals surface area contributed by atoms with Gasteiger partial charge in [0, 0.05) is 79.4 Å². The Morgan fingerprint density at radius 3 is 1.70 bits per heavy atom. The molecule has 0 saturated carbocycles. The van der Waals surface area contributed by atoms with Crippen molar-refractivity contribution in [3.8, 4) is 40.4 Å². The van der Waals surface area contributed by atoms with Gasteiger partial charge in [-0.25, -0.2) is 15.0 Å². The molecule has 2 unspecified atom stereocenters. The summed E-state index contributed by atoms with van der Waals surface area (Å²) in [5.74, 6) is 2.88. The predicted octanol–water partition coefficient (Wildman–Crippen LogP) is 13.6. The van der Waals surface area contributed by atoms with Gasteiger partial charge in [0.05, 0.1) is 17.1 Å². The van der Waals surface area contributed by atoms with Crippen molar-refractivity contribution in [2.75, 3.05) is 4.90 Å². The number of rotatable bonds is 5. The Morgan fingerprint density at radius 2 is 0.969 bits per heavy atom. The van der Waals surface area contributed by atoms with Crippen molar-refractivity contribution in [2.45, 2.75) is 12.0 Å². The molecular formula is C54H32N8S2. The van der Waals surface area contributed by atoms with E-state index in [-0.39, 0.29) is 12.0 Å². The summed E-state index contributed by atoms with van der Waals surface area (Å²) in [6.45, 7) is 0. The molecule has 7 aromatic carbocycles. The highest BCUT2D eigenvalue weighted by atomic mass is 32.1. The molecule has 64 heavy (non-hydrogen) atoms. The van der Waals surface area contributed by atoms with Gasteiger partial charge in [0.25, 0.3) is 0 Å². The third kappa shape index (κ3) is 5.27. The van der Waals surface area contributed by atoms with E-state index in [9.17, 15) is 0 Å². The van der Waals surface area contributed by atoms with Crippen molar-refractivity contribution in [1.29, 1.82) is 0 Å². The molecule has 6 heterocycles. The number of nitrogens with zero attached hydrogens (tertiary/aromatic N) is 8. The van der Waals surface area contributed by atoms with Crippen LogP contribution in [0, 0.1) is 0 Å². The lowest BCUT2D eigenvalue weighted by Gasteiger charge is -2.27. The normalized spacial score (nSPS) is 15.7. The van der Waals surface area contributed by atoms with E-state index in [0.29, 0.717) is 35.2 Å². The SMILES string of the molecule is C1=CC2c3c(ccc4c3sc3ccccc34)N(c3nc(-c4nc(-c5ccccc5)nc(-c5ccccc5)n4)nc(-n4c5ccccc5c5c6sc7ccccc7c6ccc54)n3)C2C=C1. The molecule has 0 N–H and O–H groups in total. The lowest BCUT2D eigenvalue weighted by Crippen LogP contribution is -2.30. The smallest absolute Gasteiger partial charge is 0.240 e. The Labute approximate surface area is 373 Å². The van der Waals surface area contributed by atoms with Crippen LogP contribution < -0.4 is 4.90 Å². The van der Waals surface area contributed by atoms with E-state index in [4.69, 9.17) is 29.9 Å². The molecule has 0 fully saturated rings. The van der Waals surface area contributed by atoms with Gasteiger partial charge in [-0.3, -0.25) is 4.57 Å². The van der Waals surface area contributed by atoms with Crippen LogP contribution in [0.3, 0.4) is 0 Å². The molecule has 12 aromatic rings. The Bertz CT molecular complexity index is 3890. The maximum absolute atomic E-state index is 5.52. The highest BCUT2D eigenvalue weighted by Gasteiger charge is 2.41. The lowest BCUT2D eigenvalue weighted by atomic mass is 9.91. The van der Waals surface area contributed by atoms with Crippen LogP contribution in [0.25, 0.3) is 103 Å². The summed E-state index contributed by atoms with van der Waals surface area (Å²) in [4.78, 5) is 33.9. The van der Waals surface area contributed by atoms with Gasteiger partial charge in [0.15, 0.2) is 11.6 Å². The summed E-state index contributed by atoms with van der Waals surface area (Å²) in [6.07, 6.45) is 8.90. The van der Waals surface area contributed by atoms with E-state index in [1.165, 1.54) is 51.3 Å². The first kappa shape index (κ1) is 35.7. The van der Waals surface area contributed by atoms with Gasteiger partial charge in [-0.1, -0.05) is 152 Å². The Kier molecular flexibility index (Phi) is 7.68. The van der Waals surface area contributed by atoms with Gasteiger partial charge < -0.3 is 4.90 Å². The van der Waals surface area contributed by atoms with Gasteiger partial charge >= 0.3 is 0 Å². The second kappa shape index (κ2) is 13.8. The molecule has 2 aliphatic rings. The fraction of sp³-hybridized carbons (Fsp3) is 0.0370. The van der Waals surface area contributed by atoms with Crippen molar-refractivity contribution < 1.29 is 0 Å². The summed E-state index contributed by atoms with van der Waals surface area (Å²) in [6, 6.07) is 54.9. The monoisotopic (exact) mass is 856 g/mol.